The first kappa shape index (κ1) is 13.8. The molecule has 3 nitrogen and oxygen atoms in total. The van der Waals surface area contributed by atoms with Crippen molar-refractivity contribution >= 4 is 38.9 Å². The summed E-state index contributed by atoms with van der Waals surface area (Å²) in [6.45, 7) is 0.784. The van der Waals surface area contributed by atoms with Crippen molar-refractivity contribution < 1.29 is 4.79 Å². The summed E-state index contributed by atoms with van der Waals surface area (Å²) >= 11 is 5.19. The minimum Gasteiger partial charge on any atom is -0.315 e. The summed E-state index contributed by atoms with van der Waals surface area (Å²) in [5.74, 6) is 0.161. The molecule has 2 heterocycles. The molecule has 1 aliphatic rings. The predicted octanol–water partition coefficient (Wildman–Crippen LogP) is 3.71. The molecule has 2 aromatic rings. The number of amides is 1. The summed E-state index contributed by atoms with van der Waals surface area (Å²) in [7, 11) is 1.84. The molecule has 1 amide bonds. The number of fused-ring (bicyclic) bond motifs is 1. The van der Waals surface area contributed by atoms with Gasteiger partial charge in [-0.1, -0.05) is 18.2 Å². The first-order valence-corrected chi connectivity index (χ1v) is 8.09. The van der Waals surface area contributed by atoms with Crippen molar-refractivity contribution in [1.82, 2.24) is 5.32 Å². The molecule has 1 aromatic heterocycles. The van der Waals surface area contributed by atoms with Crippen LogP contribution in [0.1, 0.15) is 22.9 Å². The van der Waals surface area contributed by atoms with Crippen LogP contribution >= 0.6 is 27.3 Å². The summed E-state index contributed by atoms with van der Waals surface area (Å²) in [6.07, 6.45) is 0.514. The van der Waals surface area contributed by atoms with Gasteiger partial charge in [-0.05, 0) is 39.7 Å². The monoisotopic (exact) mass is 350 g/mol. The maximum atomic E-state index is 12.1. The maximum absolute atomic E-state index is 12.1. The molecular formula is C15H15BrN2OS. The van der Waals surface area contributed by atoms with Crippen molar-refractivity contribution in [2.45, 2.75) is 19.0 Å². The lowest BCUT2D eigenvalue weighted by Crippen LogP contribution is -2.37. The van der Waals surface area contributed by atoms with Gasteiger partial charge in [0.15, 0.2) is 0 Å². The third kappa shape index (κ3) is 2.66. The Labute approximate surface area is 130 Å². The van der Waals surface area contributed by atoms with Gasteiger partial charge in [-0.3, -0.25) is 4.79 Å². The highest BCUT2D eigenvalue weighted by molar-refractivity contribution is 9.11. The van der Waals surface area contributed by atoms with Gasteiger partial charge in [0.1, 0.15) is 0 Å². The number of hydrogen-bond acceptors (Lipinski definition) is 3. The van der Waals surface area contributed by atoms with Crippen molar-refractivity contribution in [1.29, 1.82) is 0 Å². The molecule has 0 aliphatic carbocycles. The Morgan fingerprint density at radius 1 is 1.35 bits per heavy atom. The zero-order chi connectivity index (χ0) is 14.1. The van der Waals surface area contributed by atoms with E-state index in [-0.39, 0.29) is 11.9 Å². The molecule has 1 N–H and O–H groups in total. The topological polar surface area (TPSA) is 32.3 Å². The molecule has 0 spiro atoms. The Hall–Kier alpha value is -1.17. The average Bonchev–Trinajstić information content (AvgIpc) is 2.87. The summed E-state index contributed by atoms with van der Waals surface area (Å²) in [5.41, 5.74) is 2.21. The van der Waals surface area contributed by atoms with Crippen molar-refractivity contribution in [3.63, 3.8) is 0 Å². The Bertz CT molecular complexity index is 640. The van der Waals surface area contributed by atoms with E-state index >= 15 is 0 Å². The van der Waals surface area contributed by atoms with E-state index in [2.05, 4.69) is 39.4 Å². The van der Waals surface area contributed by atoms with Crippen molar-refractivity contribution in [2.75, 3.05) is 11.9 Å². The van der Waals surface area contributed by atoms with Gasteiger partial charge in [0.05, 0.1) is 3.79 Å². The Kier molecular flexibility index (Phi) is 3.92. The lowest BCUT2D eigenvalue weighted by Gasteiger charge is -2.32. The summed E-state index contributed by atoms with van der Waals surface area (Å²) < 4.78 is 1.13. The molecule has 104 valence electrons. The fourth-order valence-corrected chi connectivity index (χ4v) is 3.93. The van der Waals surface area contributed by atoms with Crippen molar-refractivity contribution in [3.8, 4) is 0 Å². The number of thiophene rings is 1. The van der Waals surface area contributed by atoms with Crippen LogP contribution in [0.15, 0.2) is 40.2 Å². The maximum Gasteiger partial charge on any atom is 0.228 e. The zero-order valence-corrected chi connectivity index (χ0v) is 13.5. The summed E-state index contributed by atoms with van der Waals surface area (Å²) in [4.78, 5) is 15.1. The standard InChI is InChI=1S/C15H15BrN2OS/c1-18-13-5-3-2-4-11(13)12(8-15(18)19)17-9-10-6-7-14(16)20-10/h2-7,12,17H,8-9H2,1H3. The van der Waals surface area contributed by atoms with Gasteiger partial charge >= 0.3 is 0 Å². The number of carbonyl (C=O) groups excluding carboxylic acids is 1. The highest BCUT2D eigenvalue weighted by Gasteiger charge is 2.28. The lowest BCUT2D eigenvalue weighted by molar-refractivity contribution is -0.119. The number of rotatable bonds is 3. The van der Waals surface area contributed by atoms with Crippen LogP contribution in [0.4, 0.5) is 5.69 Å². The van der Waals surface area contributed by atoms with Crippen molar-refractivity contribution in [3.05, 3.63) is 50.6 Å². The minimum absolute atomic E-state index is 0.0933. The van der Waals surface area contributed by atoms with Gasteiger partial charge in [0.2, 0.25) is 5.91 Å². The van der Waals surface area contributed by atoms with Crippen LogP contribution in [-0.4, -0.2) is 13.0 Å². The second kappa shape index (κ2) is 5.68. The van der Waals surface area contributed by atoms with Crippen LogP contribution in [0.5, 0.6) is 0 Å². The molecule has 0 saturated heterocycles. The molecule has 3 rings (SSSR count). The number of nitrogens with zero attached hydrogens (tertiary/aromatic N) is 1. The number of nitrogens with one attached hydrogen (secondary N) is 1. The fraction of sp³-hybridized carbons (Fsp3) is 0.267. The fourth-order valence-electron chi connectivity index (χ4n) is 2.50. The van der Waals surface area contributed by atoms with Gasteiger partial charge in [0, 0.05) is 36.6 Å². The molecule has 1 unspecified atom stereocenters. The van der Waals surface area contributed by atoms with Crippen LogP contribution in [-0.2, 0) is 11.3 Å². The van der Waals surface area contributed by atoms with Crippen LogP contribution in [0.25, 0.3) is 0 Å². The van der Waals surface area contributed by atoms with Gasteiger partial charge in [0.25, 0.3) is 0 Å². The van der Waals surface area contributed by atoms with Gasteiger partial charge < -0.3 is 10.2 Å². The Morgan fingerprint density at radius 3 is 2.90 bits per heavy atom. The highest BCUT2D eigenvalue weighted by atomic mass is 79.9. The molecule has 0 fully saturated rings. The predicted molar refractivity (Wildman–Crippen MR) is 86.1 cm³/mol. The Balaban J connectivity index is 1.80. The van der Waals surface area contributed by atoms with E-state index in [0.717, 1.165) is 16.0 Å². The van der Waals surface area contributed by atoms with Crippen molar-refractivity contribution in [2.24, 2.45) is 0 Å². The second-order valence-electron chi connectivity index (χ2n) is 4.86. The number of anilines is 1. The normalized spacial score (nSPS) is 18.2. The number of benzene rings is 1. The summed E-state index contributed by atoms with van der Waals surface area (Å²) in [5, 5.41) is 3.50. The van der Waals surface area contributed by atoms with Crippen LogP contribution in [0, 0.1) is 0 Å². The molecule has 1 aromatic carbocycles. The minimum atomic E-state index is 0.0933. The van der Waals surface area contributed by atoms with E-state index in [0.29, 0.717) is 6.42 Å². The van der Waals surface area contributed by atoms with E-state index < -0.39 is 0 Å². The number of halogens is 1. The first-order valence-electron chi connectivity index (χ1n) is 6.48. The van der Waals surface area contributed by atoms with E-state index in [1.165, 1.54) is 10.4 Å². The molecular weight excluding hydrogens is 336 g/mol. The molecule has 0 bridgehead atoms. The van der Waals surface area contributed by atoms with Gasteiger partial charge in [-0.2, -0.15) is 0 Å². The SMILES string of the molecule is CN1C(=O)CC(NCc2ccc(Br)s2)c2ccccc21. The number of para-hydroxylation sites is 1. The number of hydrogen-bond donors (Lipinski definition) is 1. The third-order valence-electron chi connectivity index (χ3n) is 3.58. The smallest absolute Gasteiger partial charge is 0.228 e. The Morgan fingerprint density at radius 2 is 2.15 bits per heavy atom. The third-order valence-corrected chi connectivity index (χ3v) is 5.20. The molecule has 1 aliphatic heterocycles. The van der Waals surface area contributed by atoms with Gasteiger partial charge in [-0.25, -0.2) is 0 Å². The molecule has 20 heavy (non-hydrogen) atoms. The second-order valence-corrected chi connectivity index (χ2v) is 7.40. The van der Waals surface area contributed by atoms with Crippen LogP contribution in [0.3, 0.4) is 0 Å². The zero-order valence-electron chi connectivity index (χ0n) is 11.1. The molecule has 1 atom stereocenters. The lowest BCUT2D eigenvalue weighted by atomic mass is 9.96. The molecule has 0 saturated carbocycles. The highest BCUT2D eigenvalue weighted by Crippen LogP contribution is 2.33. The largest absolute Gasteiger partial charge is 0.315 e. The van der Waals surface area contributed by atoms with E-state index in [1.54, 1.807) is 16.2 Å². The number of carbonyl (C=O) groups is 1. The first-order chi connectivity index (χ1) is 9.65. The quantitative estimate of drug-likeness (QED) is 0.914. The molecule has 0 radical (unpaired) electrons. The average molecular weight is 351 g/mol. The summed E-state index contributed by atoms with van der Waals surface area (Å²) in [6, 6.07) is 12.3. The van der Waals surface area contributed by atoms with Crippen LogP contribution in [0.2, 0.25) is 0 Å². The van der Waals surface area contributed by atoms with Crippen LogP contribution < -0.4 is 10.2 Å². The van der Waals surface area contributed by atoms with E-state index in [1.807, 2.05) is 25.2 Å². The van der Waals surface area contributed by atoms with E-state index in [4.69, 9.17) is 0 Å². The molecule has 5 heteroatoms. The van der Waals surface area contributed by atoms with Gasteiger partial charge in [-0.15, -0.1) is 11.3 Å². The van der Waals surface area contributed by atoms with E-state index in [9.17, 15) is 4.79 Å².